The highest BCUT2D eigenvalue weighted by Crippen LogP contribution is 2.29. The van der Waals surface area contributed by atoms with Crippen LogP contribution in [-0.2, 0) is 0 Å². The zero-order valence-corrected chi connectivity index (χ0v) is 11.4. The minimum Gasteiger partial charge on any atom is -0.373 e. The Morgan fingerprint density at radius 2 is 2.16 bits per heavy atom. The van der Waals surface area contributed by atoms with Crippen molar-refractivity contribution in [3.63, 3.8) is 0 Å². The van der Waals surface area contributed by atoms with Crippen LogP contribution < -0.4 is 11.1 Å². The van der Waals surface area contributed by atoms with E-state index in [-0.39, 0.29) is 11.4 Å². The molecule has 0 fully saturated rings. The van der Waals surface area contributed by atoms with Crippen molar-refractivity contribution in [2.75, 3.05) is 11.9 Å². The Kier molecular flexibility index (Phi) is 4.83. The predicted octanol–water partition coefficient (Wildman–Crippen LogP) is 2.91. The summed E-state index contributed by atoms with van der Waals surface area (Å²) >= 11 is 0. The topological polar surface area (TPSA) is 81.2 Å². The zero-order valence-electron chi connectivity index (χ0n) is 11.4. The van der Waals surface area contributed by atoms with E-state index in [0.29, 0.717) is 12.5 Å². The highest BCUT2D eigenvalue weighted by Gasteiger charge is 2.27. The fraction of sp³-hybridized carbons (Fsp3) is 0.538. The first-order valence-corrected chi connectivity index (χ1v) is 6.19. The number of rotatable bonds is 6. The van der Waals surface area contributed by atoms with Crippen molar-refractivity contribution in [2.24, 2.45) is 11.7 Å². The third kappa shape index (κ3) is 4.17. The largest absolute Gasteiger partial charge is 0.373 e. The second kappa shape index (κ2) is 5.97. The fourth-order valence-corrected chi connectivity index (χ4v) is 2.18. The first-order chi connectivity index (χ1) is 8.77. The normalized spacial score (nSPS) is 14.2. The molecule has 3 N–H and O–H groups in total. The number of hydrogen-bond acceptors (Lipinski definition) is 4. The molecule has 0 spiro atoms. The second-order valence-electron chi connectivity index (χ2n) is 5.41. The molecular weight excluding hydrogens is 249 g/mol. The summed E-state index contributed by atoms with van der Waals surface area (Å²) < 4.78 is 13.3. The Morgan fingerprint density at radius 1 is 1.53 bits per heavy atom. The van der Waals surface area contributed by atoms with E-state index < -0.39 is 16.3 Å². The van der Waals surface area contributed by atoms with Gasteiger partial charge < -0.3 is 11.1 Å². The lowest BCUT2D eigenvalue weighted by atomic mass is 9.90. The van der Waals surface area contributed by atoms with Crippen molar-refractivity contribution in [1.29, 1.82) is 0 Å². The van der Waals surface area contributed by atoms with Gasteiger partial charge in [-0.3, -0.25) is 10.1 Å². The van der Waals surface area contributed by atoms with Crippen LogP contribution in [-0.4, -0.2) is 17.0 Å². The number of anilines is 1. The van der Waals surface area contributed by atoms with Crippen LogP contribution in [0.2, 0.25) is 0 Å². The number of benzene rings is 1. The molecule has 1 aromatic rings. The molecule has 0 saturated carbocycles. The second-order valence-corrected chi connectivity index (χ2v) is 5.41. The zero-order chi connectivity index (χ0) is 14.6. The Balaban J connectivity index is 3.08. The molecule has 0 heterocycles. The van der Waals surface area contributed by atoms with Crippen molar-refractivity contribution in [2.45, 2.75) is 32.7 Å². The lowest BCUT2D eigenvalue weighted by Crippen LogP contribution is -2.43. The quantitative estimate of drug-likeness (QED) is 0.614. The van der Waals surface area contributed by atoms with Crippen LogP contribution in [0.3, 0.4) is 0 Å². The van der Waals surface area contributed by atoms with E-state index in [1.807, 2.05) is 20.8 Å². The lowest BCUT2D eigenvalue weighted by molar-refractivity contribution is -0.384. The van der Waals surface area contributed by atoms with Gasteiger partial charge in [-0.2, -0.15) is 0 Å². The molecule has 1 rings (SSSR count). The van der Waals surface area contributed by atoms with Gasteiger partial charge in [-0.15, -0.1) is 0 Å². The number of nitrogens with one attached hydrogen (secondary N) is 1. The van der Waals surface area contributed by atoms with Crippen molar-refractivity contribution < 1.29 is 9.31 Å². The highest BCUT2D eigenvalue weighted by molar-refractivity contribution is 5.62. The molecule has 0 aliphatic rings. The van der Waals surface area contributed by atoms with E-state index in [4.69, 9.17) is 5.73 Å². The molecule has 106 valence electrons. The average molecular weight is 269 g/mol. The number of nitro benzene ring substituents is 1. The first-order valence-electron chi connectivity index (χ1n) is 6.19. The molecule has 0 amide bonds. The highest BCUT2D eigenvalue weighted by atomic mass is 19.1. The Labute approximate surface area is 112 Å². The summed E-state index contributed by atoms with van der Waals surface area (Å²) in [7, 11) is 0. The minimum atomic E-state index is -0.534. The van der Waals surface area contributed by atoms with Crippen LogP contribution in [0.15, 0.2) is 18.2 Å². The first kappa shape index (κ1) is 15.4. The number of nitro groups is 1. The molecule has 0 aliphatic heterocycles. The van der Waals surface area contributed by atoms with E-state index in [0.717, 1.165) is 24.6 Å². The van der Waals surface area contributed by atoms with Gasteiger partial charge in [-0.1, -0.05) is 13.8 Å². The fourth-order valence-electron chi connectivity index (χ4n) is 2.18. The molecule has 19 heavy (non-hydrogen) atoms. The van der Waals surface area contributed by atoms with Gasteiger partial charge in [0.05, 0.1) is 4.92 Å². The SMILES string of the molecule is CC(C)CC(C)(CN)Nc1cc(F)ccc1[N+](=O)[O-]. The van der Waals surface area contributed by atoms with Gasteiger partial charge in [0.1, 0.15) is 11.5 Å². The van der Waals surface area contributed by atoms with E-state index in [2.05, 4.69) is 5.32 Å². The van der Waals surface area contributed by atoms with Crippen molar-refractivity contribution in [3.05, 3.63) is 34.1 Å². The molecule has 0 bridgehead atoms. The Bertz CT molecular complexity index is 465. The summed E-state index contributed by atoms with van der Waals surface area (Å²) in [4.78, 5) is 10.4. The van der Waals surface area contributed by atoms with Crippen LogP contribution >= 0.6 is 0 Å². The van der Waals surface area contributed by atoms with Gasteiger partial charge in [0.25, 0.3) is 5.69 Å². The van der Waals surface area contributed by atoms with Gasteiger partial charge >= 0.3 is 0 Å². The van der Waals surface area contributed by atoms with E-state index in [9.17, 15) is 14.5 Å². The minimum absolute atomic E-state index is 0.148. The Morgan fingerprint density at radius 3 is 2.63 bits per heavy atom. The van der Waals surface area contributed by atoms with Crippen molar-refractivity contribution in [1.82, 2.24) is 0 Å². The number of halogens is 1. The summed E-state index contributed by atoms with van der Waals surface area (Å²) in [6.07, 6.45) is 0.733. The lowest BCUT2D eigenvalue weighted by Gasteiger charge is -2.32. The van der Waals surface area contributed by atoms with Gasteiger partial charge in [0, 0.05) is 24.2 Å². The van der Waals surface area contributed by atoms with Crippen LogP contribution in [0.5, 0.6) is 0 Å². The molecule has 0 saturated heterocycles. The molecule has 0 aromatic heterocycles. The molecule has 0 aliphatic carbocycles. The summed E-state index contributed by atoms with van der Waals surface area (Å²) in [5, 5.41) is 14.0. The number of nitrogens with zero attached hydrogens (tertiary/aromatic N) is 1. The molecular formula is C13H20FN3O2. The number of hydrogen-bond donors (Lipinski definition) is 2. The molecule has 1 atom stereocenters. The van der Waals surface area contributed by atoms with Gasteiger partial charge in [-0.05, 0) is 25.3 Å². The standard InChI is InChI=1S/C13H20FN3O2/c1-9(2)7-13(3,8-15)16-11-6-10(14)4-5-12(11)17(18)19/h4-6,9,16H,7-8,15H2,1-3H3. The molecule has 0 radical (unpaired) electrons. The van der Waals surface area contributed by atoms with E-state index in [1.165, 1.54) is 0 Å². The molecule has 1 unspecified atom stereocenters. The maximum absolute atomic E-state index is 13.3. The van der Waals surface area contributed by atoms with Crippen LogP contribution in [0.1, 0.15) is 27.2 Å². The third-order valence-corrected chi connectivity index (χ3v) is 2.90. The predicted molar refractivity (Wildman–Crippen MR) is 73.6 cm³/mol. The van der Waals surface area contributed by atoms with Crippen molar-refractivity contribution >= 4 is 11.4 Å². The molecule has 5 nitrogen and oxygen atoms in total. The van der Waals surface area contributed by atoms with E-state index in [1.54, 1.807) is 0 Å². The molecule has 1 aromatic carbocycles. The van der Waals surface area contributed by atoms with Gasteiger partial charge in [0.2, 0.25) is 0 Å². The van der Waals surface area contributed by atoms with E-state index >= 15 is 0 Å². The van der Waals surface area contributed by atoms with Crippen LogP contribution in [0.25, 0.3) is 0 Å². The molecule has 6 heteroatoms. The summed E-state index contributed by atoms with van der Waals surface area (Å²) in [6, 6.07) is 3.36. The average Bonchev–Trinajstić information content (AvgIpc) is 2.27. The third-order valence-electron chi connectivity index (χ3n) is 2.90. The smallest absolute Gasteiger partial charge is 0.292 e. The van der Waals surface area contributed by atoms with Crippen LogP contribution in [0.4, 0.5) is 15.8 Å². The summed E-state index contributed by atoms with van der Waals surface area (Å²) in [5.41, 5.74) is 5.25. The monoisotopic (exact) mass is 269 g/mol. The van der Waals surface area contributed by atoms with Crippen LogP contribution in [0, 0.1) is 21.8 Å². The Hall–Kier alpha value is -1.69. The maximum atomic E-state index is 13.3. The van der Waals surface area contributed by atoms with Crippen molar-refractivity contribution in [3.8, 4) is 0 Å². The maximum Gasteiger partial charge on any atom is 0.292 e. The number of nitrogens with two attached hydrogens (primary N) is 1. The van der Waals surface area contributed by atoms with Gasteiger partial charge in [-0.25, -0.2) is 4.39 Å². The summed E-state index contributed by atoms with van der Waals surface area (Å²) in [6.45, 7) is 6.26. The van der Waals surface area contributed by atoms with Gasteiger partial charge in [0.15, 0.2) is 0 Å². The summed E-state index contributed by atoms with van der Waals surface area (Å²) in [5.74, 6) is -0.148.